The largest absolute Gasteiger partial charge is 0.344 e. The van der Waals surface area contributed by atoms with Crippen molar-refractivity contribution < 1.29 is 23.2 Å². The summed E-state index contributed by atoms with van der Waals surface area (Å²) in [6.45, 7) is 0. The first kappa shape index (κ1) is 28.0. The van der Waals surface area contributed by atoms with Crippen LogP contribution in [0.5, 0.6) is 0 Å². The van der Waals surface area contributed by atoms with E-state index < -0.39 is 40.8 Å². The van der Waals surface area contributed by atoms with Crippen LogP contribution in [0.25, 0.3) is 0 Å². The molecular weight excluding hydrogens is 544 g/mol. The van der Waals surface area contributed by atoms with Gasteiger partial charge in [-0.3, -0.25) is 14.4 Å². The maximum absolute atomic E-state index is 13.8. The van der Waals surface area contributed by atoms with Gasteiger partial charge in [-0.25, -0.2) is 8.78 Å². The summed E-state index contributed by atoms with van der Waals surface area (Å²) in [6.07, 6.45) is -0.178. The first-order chi connectivity index (χ1) is 19.9. The SMILES string of the molecule is O=C(Cc1cc(F)cc(F)c1)N[C@@H](Cc1ccccc1)C(=O)N[C@@H]1C(=O)Nc2ccccc2S[C@@H]1c1ccccc1. The summed E-state index contributed by atoms with van der Waals surface area (Å²) in [5, 5.41) is 8.07. The first-order valence-corrected chi connectivity index (χ1v) is 13.9. The van der Waals surface area contributed by atoms with Crippen molar-refractivity contribution in [1.82, 2.24) is 10.6 Å². The van der Waals surface area contributed by atoms with E-state index in [1.165, 1.54) is 11.8 Å². The average Bonchev–Trinajstić information content (AvgIpc) is 3.09. The number of fused-ring (bicyclic) bond motifs is 1. The van der Waals surface area contributed by atoms with Gasteiger partial charge < -0.3 is 16.0 Å². The highest BCUT2D eigenvalue weighted by Crippen LogP contribution is 2.43. The topological polar surface area (TPSA) is 87.3 Å². The van der Waals surface area contributed by atoms with Crippen LogP contribution in [0.3, 0.4) is 0 Å². The Balaban J connectivity index is 1.41. The molecule has 0 aromatic heterocycles. The standard InChI is InChI=1S/C32H27F2N3O3S/c33-23-15-21(16-24(34)19-23)18-28(38)35-26(17-20-9-3-1-4-10-20)31(39)37-29-30(22-11-5-2-6-12-22)41-27-14-8-7-13-25(27)36-32(29)40/h1-16,19,26,29-30H,17-18H2,(H,35,38)(H,36,40)(H,37,39)/t26-,29-,30+/m0/s1. The maximum atomic E-state index is 13.8. The van der Waals surface area contributed by atoms with E-state index in [0.29, 0.717) is 5.69 Å². The molecule has 0 spiro atoms. The Morgan fingerprint density at radius 1 is 0.829 bits per heavy atom. The molecule has 0 aliphatic carbocycles. The Kier molecular flexibility index (Phi) is 8.74. The van der Waals surface area contributed by atoms with E-state index >= 15 is 0 Å². The zero-order valence-electron chi connectivity index (χ0n) is 21.9. The van der Waals surface area contributed by atoms with E-state index in [2.05, 4.69) is 16.0 Å². The molecule has 1 aliphatic rings. The zero-order valence-corrected chi connectivity index (χ0v) is 22.7. The van der Waals surface area contributed by atoms with Crippen LogP contribution in [0.1, 0.15) is 21.9 Å². The molecule has 208 valence electrons. The van der Waals surface area contributed by atoms with Crippen molar-refractivity contribution in [2.24, 2.45) is 0 Å². The summed E-state index contributed by atoms with van der Waals surface area (Å²) in [5.41, 5.74) is 2.43. The van der Waals surface area contributed by atoms with Gasteiger partial charge in [0.1, 0.15) is 23.7 Å². The van der Waals surface area contributed by atoms with Crippen LogP contribution in [-0.2, 0) is 27.2 Å². The maximum Gasteiger partial charge on any atom is 0.248 e. The van der Waals surface area contributed by atoms with Gasteiger partial charge in [0, 0.05) is 17.4 Å². The molecule has 1 heterocycles. The highest BCUT2D eigenvalue weighted by molar-refractivity contribution is 7.99. The third kappa shape index (κ3) is 7.18. The van der Waals surface area contributed by atoms with E-state index in [9.17, 15) is 23.2 Å². The molecule has 0 saturated carbocycles. The lowest BCUT2D eigenvalue weighted by molar-refractivity contribution is -0.130. The van der Waals surface area contributed by atoms with Crippen molar-refractivity contribution in [3.63, 3.8) is 0 Å². The van der Waals surface area contributed by atoms with Gasteiger partial charge in [0.05, 0.1) is 17.4 Å². The molecule has 3 N–H and O–H groups in total. The van der Waals surface area contributed by atoms with Crippen LogP contribution >= 0.6 is 11.8 Å². The summed E-state index contributed by atoms with van der Waals surface area (Å²) in [6, 6.07) is 26.8. The van der Waals surface area contributed by atoms with Crippen LogP contribution in [-0.4, -0.2) is 29.8 Å². The van der Waals surface area contributed by atoms with E-state index in [1.807, 2.05) is 78.9 Å². The summed E-state index contributed by atoms with van der Waals surface area (Å²) < 4.78 is 27.4. The molecule has 5 rings (SSSR count). The van der Waals surface area contributed by atoms with E-state index in [0.717, 1.165) is 34.2 Å². The highest BCUT2D eigenvalue weighted by Gasteiger charge is 2.37. The molecule has 0 unspecified atom stereocenters. The molecule has 1 aliphatic heterocycles. The summed E-state index contributed by atoms with van der Waals surface area (Å²) in [4.78, 5) is 41.1. The summed E-state index contributed by atoms with van der Waals surface area (Å²) in [7, 11) is 0. The number of rotatable bonds is 8. The molecule has 6 nitrogen and oxygen atoms in total. The predicted molar refractivity (Wildman–Crippen MR) is 154 cm³/mol. The van der Waals surface area contributed by atoms with Crippen molar-refractivity contribution in [2.45, 2.75) is 35.1 Å². The third-order valence-corrected chi connectivity index (χ3v) is 8.04. The van der Waals surface area contributed by atoms with Crippen molar-refractivity contribution in [3.8, 4) is 0 Å². The lowest BCUT2D eigenvalue weighted by Crippen LogP contribution is -2.54. The highest BCUT2D eigenvalue weighted by atomic mass is 32.2. The minimum Gasteiger partial charge on any atom is -0.344 e. The number of thioether (sulfide) groups is 1. The van der Waals surface area contributed by atoms with E-state index in [4.69, 9.17) is 0 Å². The Hall–Kier alpha value is -4.50. The number of benzene rings is 4. The van der Waals surface area contributed by atoms with Crippen molar-refractivity contribution in [3.05, 3.63) is 131 Å². The molecule has 9 heteroatoms. The number of halogens is 2. The molecule has 4 aromatic carbocycles. The molecular formula is C32H27F2N3O3S. The van der Waals surface area contributed by atoms with Crippen molar-refractivity contribution in [1.29, 1.82) is 0 Å². The van der Waals surface area contributed by atoms with Crippen LogP contribution in [0.2, 0.25) is 0 Å². The van der Waals surface area contributed by atoms with E-state index in [-0.39, 0.29) is 24.3 Å². The number of amides is 3. The molecule has 4 aromatic rings. The fourth-order valence-corrected chi connectivity index (χ4v) is 6.02. The van der Waals surface area contributed by atoms with Gasteiger partial charge in [0.15, 0.2) is 0 Å². The Morgan fingerprint density at radius 2 is 1.46 bits per heavy atom. The molecule has 41 heavy (non-hydrogen) atoms. The van der Waals surface area contributed by atoms with Gasteiger partial charge in [-0.05, 0) is 41.0 Å². The number of hydrogen-bond acceptors (Lipinski definition) is 4. The minimum absolute atomic E-state index is 0.139. The van der Waals surface area contributed by atoms with Crippen molar-refractivity contribution >= 4 is 35.2 Å². The van der Waals surface area contributed by atoms with Crippen LogP contribution in [0, 0.1) is 11.6 Å². The minimum atomic E-state index is -1.05. The van der Waals surface area contributed by atoms with Gasteiger partial charge in [-0.2, -0.15) is 0 Å². The van der Waals surface area contributed by atoms with Gasteiger partial charge in [0.2, 0.25) is 17.7 Å². The monoisotopic (exact) mass is 571 g/mol. The number of carbonyl (C=O) groups is 3. The predicted octanol–water partition coefficient (Wildman–Crippen LogP) is 5.21. The number of carbonyl (C=O) groups excluding carboxylic acids is 3. The van der Waals surface area contributed by atoms with Gasteiger partial charge in [0.25, 0.3) is 0 Å². The van der Waals surface area contributed by atoms with Gasteiger partial charge in [-0.15, -0.1) is 11.8 Å². The lowest BCUT2D eigenvalue weighted by Gasteiger charge is -2.27. The molecule has 0 saturated heterocycles. The van der Waals surface area contributed by atoms with Crippen molar-refractivity contribution in [2.75, 3.05) is 5.32 Å². The van der Waals surface area contributed by atoms with Gasteiger partial charge >= 0.3 is 0 Å². The smallest absolute Gasteiger partial charge is 0.248 e. The average molecular weight is 572 g/mol. The second kappa shape index (κ2) is 12.8. The van der Waals surface area contributed by atoms with Crippen LogP contribution in [0.4, 0.5) is 14.5 Å². The quantitative estimate of drug-likeness (QED) is 0.271. The number of anilines is 1. The lowest BCUT2D eigenvalue weighted by atomic mass is 10.0. The first-order valence-electron chi connectivity index (χ1n) is 13.1. The Morgan fingerprint density at radius 3 is 2.17 bits per heavy atom. The normalized spacial score (nSPS) is 17.0. The summed E-state index contributed by atoms with van der Waals surface area (Å²) >= 11 is 1.46. The Bertz CT molecular complexity index is 1530. The van der Waals surface area contributed by atoms with E-state index in [1.54, 1.807) is 6.07 Å². The molecule has 0 radical (unpaired) electrons. The molecule has 3 atom stereocenters. The molecule has 0 fully saturated rings. The number of para-hydroxylation sites is 1. The third-order valence-electron chi connectivity index (χ3n) is 6.63. The Labute approximate surface area is 240 Å². The zero-order chi connectivity index (χ0) is 28.8. The molecule has 0 bridgehead atoms. The van der Waals surface area contributed by atoms with Crippen LogP contribution in [0.15, 0.2) is 108 Å². The number of hydrogen-bond donors (Lipinski definition) is 3. The fourth-order valence-electron chi connectivity index (χ4n) is 4.73. The number of nitrogens with one attached hydrogen (secondary N) is 3. The van der Waals surface area contributed by atoms with Gasteiger partial charge in [-0.1, -0.05) is 72.8 Å². The van der Waals surface area contributed by atoms with Crippen LogP contribution < -0.4 is 16.0 Å². The second-order valence-corrected chi connectivity index (χ2v) is 10.9. The fraction of sp³-hybridized carbons (Fsp3) is 0.156. The second-order valence-electron chi connectivity index (χ2n) is 9.69. The summed E-state index contributed by atoms with van der Waals surface area (Å²) in [5.74, 6) is -3.12. The molecule has 3 amide bonds.